The third kappa shape index (κ3) is 3.77. The van der Waals surface area contributed by atoms with Crippen LogP contribution in [0.2, 0.25) is 0 Å². The Morgan fingerprint density at radius 2 is 1.83 bits per heavy atom. The second kappa shape index (κ2) is 7.38. The summed E-state index contributed by atoms with van der Waals surface area (Å²) < 4.78 is 5.67. The van der Waals surface area contributed by atoms with Gasteiger partial charge in [-0.2, -0.15) is 11.8 Å². The van der Waals surface area contributed by atoms with Gasteiger partial charge in [0.25, 0.3) is 5.91 Å². The SMILES string of the molecule is Cc1c(C(=O)NCCSCc2ccccc2)oc2ccccc12. The summed E-state index contributed by atoms with van der Waals surface area (Å²) in [5.74, 6) is 2.11. The average Bonchev–Trinajstić information content (AvgIpc) is 2.93. The van der Waals surface area contributed by atoms with Gasteiger partial charge in [-0.25, -0.2) is 0 Å². The van der Waals surface area contributed by atoms with Gasteiger partial charge < -0.3 is 9.73 Å². The van der Waals surface area contributed by atoms with Crippen molar-refractivity contribution in [1.82, 2.24) is 5.32 Å². The molecule has 0 radical (unpaired) electrons. The Morgan fingerprint density at radius 3 is 2.61 bits per heavy atom. The Balaban J connectivity index is 1.50. The Morgan fingerprint density at radius 1 is 1.09 bits per heavy atom. The van der Waals surface area contributed by atoms with E-state index in [0.717, 1.165) is 28.0 Å². The van der Waals surface area contributed by atoms with Gasteiger partial charge in [0.05, 0.1) is 0 Å². The molecule has 3 nitrogen and oxygen atoms in total. The van der Waals surface area contributed by atoms with E-state index in [9.17, 15) is 4.79 Å². The molecule has 0 saturated carbocycles. The summed E-state index contributed by atoms with van der Waals surface area (Å²) in [4.78, 5) is 12.3. The lowest BCUT2D eigenvalue weighted by molar-refractivity contribution is 0.0930. The molecule has 0 saturated heterocycles. The van der Waals surface area contributed by atoms with Crippen LogP contribution in [0.1, 0.15) is 21.7 Å². The van der Waals surface area contributed by atoms with E-state index in [0.29, 0.717) is 12.3 Å². The van der Waals surface area contributed by atoms with Crippen LogP contribution in [-0.4, -0.2) is 18.2 Å². The number of hydrogen-bond donors (Lipinski definition) is 1. The second-order valence-electron chi connectivity index (χ2n) is 5.35. The highest BCUT2D eigenvalue weighted by Crippen LogP contribution is 2.24. The number of carbonyl (C=O) groups excluding carboxylic acids is 1. The van der Waals surface area contributed by atoms with E-state index in [4.69, 9.17) is 4.42 Å². The van der Waals surface area contributed by atoms with Crippen molar-refractivity contribution in [1.29, 1.82) is 0 Å². The average molecular weight is 325 g/mol. The number of thioether (sulfide) groups is 1. The predicted octanol–water partition coefficient (Wildman–Crippen LogP) is 4.40. The largest absolute Gasteiger partial charge is 0.451 e. The number of carbonyl (C=O) groups is 1. The van der Waals surface area contributed by atoms with Crippen LogP contribution in [0, 0.1) is 6.92 Å². The van der Waals surface area contributed by atoms with Gasteiger partial charge in [-0.15, -0.1) is 0 Å². The number of para-hydroxylation sites is 1. The first-order valence-electron chi connectivity index (χ1n) is 7.63. The maximum Gasteiger partial charge on any atom is 0.287 e. The first-order valence-corrected chi connectivity index (χ1v) is 8.79. The summed E-state index contributed by atoms with van der Waals surface area (Å²) in [6.45, 7) is 2.55. The highest BCUT2D eigenvalue weighted by atomic mass is 32.2. The van der Waals surface area contributed by atoms with Crippen LogP contribution < -0.4 is 5.32 Å². The molecule has 118 valence electrons. The Bertz CT molecular complexity index is 795. The van der Waals surface area contributed by atoms with E-state index >= 15 is 0 Å². The molecule has 0 spiro atoms. The van der Waals surface area contributed by atoms with Gasteiger partial charge in [0.1, 0.15) is 5.58 Å². The molecule has 1 heterocycles. The molecule has 1 amide bonds. The summed E-state index contributed by atoms with van der Waals surface area (Å²) in [6.07, 6.45) is 0. The number of furan rings is 1. The fourth-order valence-corrected chi connectivity index (χ4v) is 3.29. The summed E-state index contributed by atoms with van der Waals surface area (Å²) in [6, 6.07) is 18.1. The van der Waals surface area contributed by atoms with E-state index in [1.165, 1.54) is 5.56 Å². The topological polar surface area (TPSA) is 42.2 Å². The van der Waals surface area contributed by atoms with Crippen LogP contribution in [0.25, 0.3) is 11.0 Å². The van der Waals surface area contributed by atoms with Crippen molar-refractivity contribution in [3.05, 3.63) is 71.5 Å². The molecule has 0 unspecified atom stereocenters. The quantitative estimate of drug-likeness (QED) is 0.683. The van der Waals surface area contributed by atoms with E-state index < -0.39 is 0 Å². The Hall–Kier alpha value is -2.20. The summed E-state index contributed by atoms with van der Waals surface area (Å²) in [5.41, 5.74) is 2.96. The zero-order chi connectivity index (χ0) is 16.1. The minimum Gasteiger partial charge on any atom is -0.451 e. The van der Waals surface area contributed by atoms with Gasteiger partial charge in [0.15, 0.2) is 5.76 Å². The number of fused-ring (bicyclic) bond motifs is 1. The van der Waals surface area contributed by atoms with Gasteiger partial charge in [-0.3, -0.25) is 4.79 Å². The van der Waals surface area contributed by atoms with E-state index in [-0.39, 0.29) is 5.91 Å². The number of aryl methyl sites for hydroxylation is 1. The van der Waals surface area contributed by atoms with Gasteiger partial charge >= 0.3 is 0 Å². The molecule has 23 heavy (non-hydrogen) atoms. The minimum absolute atomic E-state index is 0.140. The highest BCUT2D eigenvalue weighted by molar-refractivity contribution is 7.98. The van der Waals surface area contributed by atoms with Crippen LogP contribution >= 0.6 is 11.8 Å². The Kier molecular flexibility index (Phi) is 5.03. The van der Waals surface area contributed by atoms with Crippen LogP contribution in [0.4, 0.5) is 0 Å². The lowest BCUT2D eigenvalue weighted by atomic mass is 10.1. The molecule has 0 fully saturated rings. The van der Waals surface area contributed by atoms with E-state index in [2.05, 4.69) is 17.4 Å². The molecule has 0 aliphatic rings. The summed E-state index contributed by atoms with van der Waals surface area (Å²) >= 11 is 1.81. The Labute approximate surface area is 140 Å². The molecule has 0 atom stereocenters. The van der Waals surface area contributed by atoms with Crippen molar-refractivity contribution >= 4 is 28.6 Å². The predicted molar refractivity (Wildman–Crippen MR) is 95.9 cm³/mol. The van der Waals surface area contributed by atoms with Crippen molar-refractivity contribution in [2.24, 2.45) is 0 Å². The molecule has 0 aliphatic heterocycles. The van der Waals surface area contributed by atoms with Crippen LogP contribution in [0.15, 0.2) is 59.0 Å². The summed E-state index contributed by atoms with van der Waals surface area (Å²) in [5, 5.41) is 3.93. The molecular formula is C19H19NO2S. The molecule has 3 aromatic rings. The van der Waals surface area contributed by atoms with Gasteiger partial charge in [-0.05, 0) is 18.6 Å². The van der Waals surface area contributed by atoms with Gasteiger partial charge in [-0.1, -0.05) is 48.5 Å². The fourth-order valence-electron chi connectivity index (χ4n) is 2.47. The molecule has 1 aromatic heterocycles. The maximum atomic E-state index is 12.3. The number of hydrogen-bond acceptors (Lipinski definition) is 3. The van der Waals surface area contributed by atoms with Crippen molar-refractivity contribution in [3.8, 4) is 0 Å². The minimum atomic E-state index is -0.140. The lowest BCUT2D eigenvalue weighted by Crippen LogP contribution is -2.25. The third-order valence-electron chi connectivity index (χ3n) is 3.69. The second-order valence-corrected chi connectivity index (χ2v) is 6.45. The maximum absolute atomic E-state index is 12.3. The normalized spacial score (nSPS) is 10.8. The molecule has 4 heteroatoms. The lowest BCUT2D eigenvalue weighted by Gasteiger charge is -2.04. The van der Waals surface area contributed by atoms with Gasteiger partial charge in [0, 0.05) is 29.0 Å². The third-order valence-corrected chi connectivity index (χ3v) is 4.72. The molecule has 0 bridgehead atoms. The molecule has 1 N–H and O–H groups in total. The highest BCUT2D eigenvalue weighted by Gasteiger charge is 2.16. The van der Waals surface area contributed by atoms with Crippen LogP contribution in [0.5, 0.6) is 0 Å². The zero-order valence-corrected chi connectivity index (χ0v) is 13.9. The number of rotatable bonds is 6. The molecule has 0 aliphatic carbocycles. The number of amides is 1. The fraction of sp³-hybridized carbons (Fsp3) is 0.211. The number of benzene rings is 2. The number of nitrogens with one attached hydrogen (secondary N) is 1. The standard InChI is InChI=1S/C19H19NO2S/c1-14-16-9-5-6-10-17(16)22-18(14)19(21)20-11-12-23-13-15-7-3-2-4-8-15/h2-10H,11-13H2,1H3,(H,20,21). The van der Waals surface area contributed by atoms with Crippen molar-refractivity contribution < 1.29 is 9.21 Å². The van der Waals surface area contributed by atoms with Crippen LogP contribution in [0.3, 0.4) is 0 Å². The van der Waals surface area contributed by atoms with Crippen molar-refractivity contribution in [2.75, 3.05) is 12.3 Å². The first-order chi connectivity index (χ1) is 11.3. The smallest absolute Gasteiger partial charge is 0.287 e. The zero-order valence-electron chi connectivity index (χ0n) is 13.0. The van der Waals surface area contributed by atoms with Crippen molar-refractivity contribution in [2.45, 2.75) is 12.7 Å². The first kappa shape index (κ1) is 15.7. The molecular weight excluding hydrogens is 306 g/mol. The molecule has 3 rings (SSSR count). The monoisotopic (exact) mass is 325 g/mol. The van der Waals surface area contributed by atoms with E-state index in [1.54, 1.807) is 0 Å². The van der Waals surface area contributed by atoms with Crippen LogP contribution in [-0.2, 0) is 5.75 Å². The van der Waals surface area contributed by atoms with Crippen molar-refractivity contribution in [3.63, 3.8) is 0 Å². The van der Waals surface area contributed by atoms with E-state index in [1.807, 2.05) is 61.2 Å². The van der Waals surface area contributed by atoms with Gasteiger partial charge in [0.2, 0.25) is 0 Å². The summed E-state index contributed by atoms with van der Waals surface area (Å²) in [7, 11) is 0. The molecule has 2 aromatic carbocycles.